The molecule has 24 heavy (non-hydrogen) atoms. The smallest absolute Gasteiger partial charge is 0.272 e. The molecule has 124 valence electrons. The molecule has 3 rings (SSSR count). The van der Waals surface area contributed by atoms with Gasteiger partial charge in [-0.1, -0.05) is 35.9 Å². The van der Waals surface area contributed by atoms with Crippen molar-refractivity contribution in [2.45, 2.75) is 26.3 Å². The van der Waals surface area contributed by atoms with E-state index in [1.807, 2.05) is 31.2 Å². The minimum atomic E-state index is -0.271. The Hall–Kier alpha value is -2.69. The van der Waals surface area contributed by atoms with Crippen molar-refractivity contribution >= 4 is 11.8 Å². The van der Waals surface area contributed by atoms with E-state index in [-0.39, 0.29) is 17.5 Å². The highest BCUT2D eigenvalue weighted by Gasteiger charge is 2.21. The van der Waals surface area contributed by atoms with E-state index in [9.17, 15) is 9.59 Å². The van der Waals surface area contributed by atoms with Crippen molar-refractivity contribution in [3.05, 3.63) is 65.0 Å². The zero-order chi connectivity index (χ0) is 16.9. The molecule has 0 spiro atoms. The molecule has 1 aliphatic heterocycles. The van der Waals surface area contributed by atoms with Gasteiger partial charge in [-0.3, -0.25) is 9.59 Å². The predicted octanol–water partition coefficient (Wildman–Crippen LogP) is 2.56. The zero-order valence-corrected chi connectivity index (χ0v) is 13.8. The Bertz CT molecular complexity index is 752. The summed E-state index contributed by atoms with van der Waals surface area (Å²) in [6, 6.07) is 13.0. The molecule has 2 aromatic rings. The van der Waals surface area contributed by atoms with Crippen LogP contribution in [0.1, 0.15) is 44.9 Å². The van der Waals surface area contributed by atoms with Crippen LogP contribution in [-0.4, -0.2) is 34.8 Å². The van der Waals surface area contributed by atoms with Crippen LogP contribution in [0, 0.1) is 6.92 Å². The number of nitrogens with zero attached hydrogens (tertiary/aromatic N) is 2. The monoisotopic (exact) mass is 323 g/mol. The molecule has 0 saturated carbocycles. The maximum absolute atomic E-state index is 12.4. The number of nitrogens with one attached hydrogen (secondary N) is 1. The number of amides is 2. The maximum Gasteiger partial charge on any atom is 0.272 e. The predicted molar refractivity (Wildman–Crippen MR) is 91.7 cm³/mol. The lowest BCUT2D eigenvalue weighted by Crippen LogP contribution is -2.29. The van der Waals surface area contributed by atoms with E-state index in [0.29, 0.717) is 12.2 Å². The highest BCUT2D eigenvalue weighted by atomic mass is 16.2. The van der Waals surface area contributed by atoms with Crippen LogP contribution in [0.2, 0.25) is 0 Å². The van der Waals surface area contributed by atoms with Crippen molar-refractivity contribution in [2.24, 2.45) is 0 Å². The molecule has 1 aromatic carbocycles. The Morgan fingerprint density at radius 3 is 2.54 bits per heavy atom. The van der Waals surface area contributed by atoms with Crippen LogP contribution in [0.15, 0.2) is 42.5 Å². The normalized spacial score (nSPS) is 13.8. The van der Waals surface area contributed by atoms with E-state index in [1.165, 1.54) is 0 Å². The summed E-state index contributed by atoms with van der Waals surface area (Å²) in [7, 11) is 0. The fraction of sp³-hybridized carbons (Fsp3) is 0.316. The average molecular weight is 323 g/mol. The van der Waals surface area contributed by atoms with Crippen molar-refractivity contribution in [3.8, 4) is 0 Å². The van der Waals surface area contributed by atoms with Gasteiger partial charge in [0.15, 0.2) is 0 Å². The average Bonchev–Trinajstić information content (AvgIpc) is 3.14. The minimum absolute atomic E-state index is 0.0964. The number of carbonyl (C=O) groups excluding carboxylic acids is 2. The number of benzene rings is 1. The first-order chi connectivity index (χ1) is 11.6. The Labute approximate surface area is 141 Å². The van der Waals surface area contributed by atoms with Crippen LogP contribution in [0.5, 0.6) is 0 Å². The molecule has 1 N–H and O–H groups in total. The molecule has 2 amide bonds. The second kappa shape index (κ2) is 7.25. The number of aromatic nitrogens is 1. The van der Waals surface area contributed by atoms with Gasteiger partial charge in [0.05, 0.1) is 0 Å². The highest BCUT2D eigenvalue weighted by Crippen LogP contribution is 2.12. The van der Waals surface area contributed by atoms with Gasteiger partial charge in [0.25, 0.3) is 11.8 Å². The number of pyridine rings is 1. The first-order valence-corrected chi connectivity index (χ1v) is 8.23. The molecule has 0 aliphatic carbocycles. The largest absolute Gasteiger partial charge is 0.347 e. The van der Waals surface area contributed by atoms with Crippen LogP contribution >= 0.6 is 0 Å². The van der Waals surface area contributed by atoms with Gasteiger partial charge in [-0.05, 0) is 37.5 Å². The number of hydrogen-bond acceptors (Lipinski definition) is 3. The summed E-state index contributed by atoms with van der Waals surface area (Å²) in [5.41, 5.74) is 2.79. The number of hydrogen-bond donors (Lipinski definition) is 1. The van der Waals surface area contributed by atoms with E-state index < -0.39 is 0 Å². The van der Waals surface area contributed by atoms with E-state index in [4.69, 9.17) is 0 Å². The molecule has 5 heteroatoms. The van der Waals surface area contributed by atoms with Crippen molar-refractivity contribution in [2.75, 3.05) is 13.1 Å². The van der Waals surface area contributed by atoms with Gasteiger partial charge >= 0.3 is 0 Å². The second-order valence-corrected chi connectivity index (χ2v) is 6.08. The van der Waals surface area contributed by atoms with Crippen LogP contribution < -0.4 is 5.32 Å². The Kier molecular flexibility index (Phi) is 4.89. The summed E-state index contributed by atoms with van der Waals surface area (Å²) in [4.78, 5) is 30.7. The lowest BCUT2D eigenvalue weighted by Gasteiger charge is -2.14. The second-order valence-electron chi connectivity index (χ2n) is 6.08. The SMILES string of the molecule is Cc1cccc(CNC(=O)c2cccc(C(=O)N3CCCC3)n2)c1. The van der Waals surface area contributed by atoms with Crippen LogP contribution in [0.3, 0.4) is 0 Å². The number of carbonyl (C=O) groups is 2. The van der Waals surface area contributed by atoms with Crippen LogP contribution in [0.4, 0.5) is 0 Å². The molecule has 0 atom stereocenters. The molecule has 2 heterocycles. The number of aryl methyl sites for hydroxylation is 1. The maximum atomic E-state index is 12.4. The first kappa shape index (κ1) is 16.2. The lowest BCUT2D eigenvalue weighted by molar-refractivity contribution is 0.0787. The molecule has 0 radical (unpaired) electrons. The minimum Gasteiger partial charge on any atom is -0.347 e. The summed E-state index contributed by atoms with van der Waals surface area (Å²) in [5.74, 6) is -0.367. The topological polar surface area (TPSA) is 62.3 Å². The fourth-order valence-electron chi connectivity index (χ4n) is 2.86. The first-order valence-electron chi connectivity index (χ1n) is 8.23. The summed E-state index contributed by atoms with van der Waals surface area (Å²) in [5, 5.41) is 2.85. The molecular formula is C19H21N3O2. The van der Waals surface area contributed by atoms with Gasteiger partial charge < -0.3 is 10.2 Å². The van der Waals surface area contributed by atoms with Gasteiger partial charge in [0.1, 0.15) is 11.4 Å². The molecular weight excluding hydrogens is 302 g/mol. The standard InChI is InChI=1S/C19H21N3O2/c1-14-6-4-7-15(12-14)13-20-18(23)16-8-5-9-17(21-16)19(24)22-10-2-3-11-22/h4-9,12H,2-3,10-11,13H2,1H3,(H,20,23). The highest BCUT2D eigenvalue weighted by molar-refractivity contribution is 5.96. The van der Waals surface area contributed by atoms with Crippen molar-refractivity contribution in [3.63, 3.8) is 0 Å². The van der Waals surface area contributed by atoms with E-state index >= 15 is 0 Å². The quantitative estimate of drug-likeness (QED) is 0.940. The Balaban J connectivity index is 1.66. The van der Waals surface area contributed by atoms with Crippen LogP contribution in [0.25, 0.3) is 0 Å². The molecule has 1 aromatic heterocycles. The molecule has 0 unspecified atom stereocenters. The molecule has 1 saturated heterocycles. The Morgan fingerprint density at radius 2 is 1.79 bits per heavy atom. The summed E-state index contributed by atoms with van der Waals surface area (Å²) in [6.45, 7) is 3.99. The molecule has 1 aliphatic rings. The van der Waals surface area contributed by atoms with Gasteiger partial charge in [0, 0.05) is 19.6 Å². The molecule has 1 fully saturated rings. The van der Waals surface area contributed by atoms with Gasteiger partial charge in [0.2, 0.25) is 0 Å². The van der Waals surface area contributed by atoms with Crippen molar-refractivity contribution < 1.29 is 9.59 Å². The third-order valence-electron chi connectivity index (χ3n) is 4.13. The van der Waals surface area contributed by atoms with Gasteiger partial charge in [-0.15, -0.1) is 0 Å². The lowest BCUT2D eigenvalue weighted by atomic mass is 10.1. The number of rotatable bonds is 4. The summed E-state index contributed by atoms with van der Waals surface area (Å²) >= 11 is 0. The zero-order valence-electron chi connectivity index (χ0n) is 13.8. The molecule has 0 bridgehead atoms. The van der Waals surface area contributed by atoms with Gasteiger partial charge in [-0.2, -0.15) is 0 Å². The fourth-order valence-corrected chi connectivity index (χ4v) is 2.86. The summed E-state index contributed by atoms with van der Waals surface area (Å²) < 4.78 is 0. The Morgan fingerprint density at radius 1 is 1.08 bits per heavy atom. The van der Waals surface area contributed by atoms with E-state index in [2.05, 4.69) is 10.3 Å². The van der Waals surface area contributed by atoms with Crippen molar-refractivity contribution in [1.29, 1.82) is 0 Å². The van der Waals surface area contributed by atoms with E-state index in [1.54, 1.807) is 23.1 Å². The summed E-state index contributed by atoms with van der Waals surface area (Å²) in [6.07, 6.45) is 2.06. The van der Waals surface area contributed by atoms with Gasteiger partial charge in [-0.25, -0.2) is 4.98 Å². The molecule has 5 nitrogen and oxygen atoms in total. The number of likely N-dealkylation sites (tertiary alicyclic amines) is 1. The third kappa shape index (κ3) is 3.79. The van der Waals surface area contributed by atoms with Crippen LogP contribution in [-0.2, 0) is 6.54 Å². The third-order valence-corrected chi connectivity index (χ3v) is 4.13. The van der Waals surface area contributed by atoms with E-state index in [0.717, 1.165) is 37.1 Å². The van der Waals surface area contributed by atoms with Crippen molar-refractivity contribution in [1.82, 2.24) is 15.2 Å².